The van der Waals surface area contributed by atoms with Gasteiger partial charge >= 0.3 is 0 Å². The first kappa shape index (κ1) is 21.5. The van der Waals surface area contributed by atoms with Crippen LogP contribution in [0, 0.1) is 5.92 Å². The third-order valence-electron chi connectivity index (χ3n) is 5.00. The van der Waals surface area contributed by atoms with E-state index in [2.05, 4.69) is 29.1 Å². The Hall–Kier alpha value is -0.570. The lowest BCUT2D eigenvalue weighted by molar-refractivity contribution is -0.130. The monoisotopic (exact) mass is 451 g/mol. The van der Waals surface area contributed by atoms with Crippen LogP contribution in [0.3, 0.4) is 0 Å². The molecule has 2 aliphatic heterocycles. The van der Waals surface area contributed by atoms with Crippen molar-refractivity contribution in [1.82, 2.24) is 20.0 Å². The summed E-state index contributed by atoms with van der Waals surface area (Å²) in [5.41, 5.74) is 0. The van der Waals surface area contributed by atoms with Gasteiger partial charge in [-0.1, -0.05) is 0 Å². The topological polar surface area (TPSA) is 51.2 Å². The lowest BCUT2D eigenvalue weighted by Crippen LogP contribution is -2.53. The van der Waals surface area contributed by atoms with E-state index in [4.69, 9.17) is 4.99 Å². The van der Waals surface area contributed by atoms with Crippen molar-refractivity contribution in [3.63, 3.8) is 0 Å². The number of halogens is 1. The number of piperidine rings is 1. The molecule has 24 heavy (non-hydrogen) atoms. The summed E-state index contributed by atoms with van der Waals surface area (Å²) < 4.78 is 0. The minimum atomic E-state index is 0. The molecule has 0 spiro atoms. The number of nitrogens with one attached hydrogen (secondary N) is 1. The van der Waals surface area contributed by atoms with E-state index < -0.39 is 0 Å². The molecule has 2 fully saturated rings. The Morgan fingerprint density at radius 2 is 1.67 bits per heavy atom. The van der Waals surface area contributed by atoms with E-state index in [9.17, 15) is 4.79 Å². The minimum Gasteiger partial charge on any atom is -0.357 e. The summed E-state index contributed by atoms with van der Waals surface area (Å²) in [6.45, 7) is 11.4. The number of rotatable bonds is 4. The summed E-state index contributed by atoms with van der Waals surface area (Å²) in [5.74, 6) is 2.02. The van der Waals surface area contributed by atoms with E-state index in [1.54, 1.807) is 6.92 Å². The van der Waals surface area contributed by atoms with Crippen molar-refractivity contribution in [2.45, 2.75) is 33.1 Å². The first-order chi connectivity index (χ1) is 11.1. The summed E-state index contributed by atoms with van der Waals surface area (Å²) >= 11 is 0. The van der Waals surface area contributed by atoms with Gasteiger partial charge < -0.3 is 20.0 Å². The van der Waals surface area contributed by atoms with Crippen LogP contribution in [0.4, 0.5) is 0 Å². The van der Waals surface area contributed by atoms with E-state index in [0.29, 0.717) is 0 Å². The highest BCUT2D eigenvalue weighted by atomic mass is 127. The molecule has 1 amide bonds. The third kappa shape index (κ3) is 6.74. The molecule has 2 saturated heterocycles. The quantitative estimate of drug-likeness (QED) is 0.400. The average molecular weight is 451 g/mol. The molecule has 0 radical (unpaired) electrons. The Labute approximate surface area is 164 Å². The molecule has 0 aromatic carbocycles. The Morgan fingerprint density at radius 3 is 2.21 bits per heavy atom. The highest BCUT2D eigenvalue weighted by Gasteiger charge is 2.21. The minimum absolute atomic E-state index is 0. The van der Waals surface area contributed by atoms with Crippen molar-refractivity contribution in [1.29, 1.82) is 0 Å². The zero-order valence-electron chi connectivity index (χ0n) is 15.5. The number of nitrogens with zero attached hydrogens (tertiary/aromatic N) is 4. The molecule has 2 aliphatic rings. The van der Waals surface area contributed by atoms with Crippen molar-refractivity contribution >= 4 is 35.8 Å². The standard InChI is InChI=1S/C17H33N5O.HI/c1-4-18-17(22-13-11-21(12-14-22)15(2)23)19-8-5-16-6-9-20(3)10-7-16;/h16H,4-14H2,1-3H3,(H,18,19);1H. The van der Waals surface area contributed by atoms with Crippen LogP contribution in [0.1, 0.15) is 33.1 Å². The molecular formula is C17H34IN5O. The summed E-state index contributed by atoms with van der Waals surface area (Å²) in [7, 11) is 2.21. The lowest BCUT2D eigenvalue weighted by atomic mass is 9.94. The number of likely N-dealkylation sites (tertiary alicyclic amines) is 1. The van der Waals surface area contributed by atoms with Crippen LogP contribution in [-0.2, 0) is 4.79 Å². The second kappa shape index (κ2) is 11.1. The summed E-state index contributed by atoms with van der Waals surface area (Å²) in [4.78, 5) is 22.9. The van der Waals surface area contributed by atoms with Crippen molar-refractivity contribution in [2.24, 2.45) is 10.9 Å². The molecule has 6 nitrogen and oxygen atoms in total. The number of carbonyl (C=O) groups excluding carboxylic acids is 1. The Kier molecular flexibility index (Phi) is 9.95. The molecule has 0 saturated carbocycles. The average Bonchev–Trinajstić information content (AvgIpc) is 2.56. The van der Waals surface area contributed by atoms with Crippen LogP contribution < -0.4 is 5.32 Å². The number of hydrogen-bond acceptors (Lipinski definition) is 3. The molecular weight excluding hydrogens is 417 g/mol. The molecule has 0 aromatic rings. The number of carbonyl (C=O) groups is 1. The van der Waals surface area contributed by atoms with Crippen molar-refractivity contribution in [3.05, 3.63) is 0 Å². The van der Waals surface area contributed by atoms with Crippen LogP contribution in [0.25, 0.3) is 0 Å². The van der Waals surface area contributed by atoms with Gasteiger partial charge in [-0.05, 0) is 52.2 Å². The first-order valence-corrected chi connectivity index (χ1v) is 9.07. The smallest absolute Gasteiger partial charge is 0.219 e. The second-order valence-corrected chi connectivity index (χ2v) is 6.76. The van der Waals surface area contributed by atoms with E-state index >= 15 is 0 Å². The third-order valence-corrected chi connectivity index (χ3v) is 5.00. The van der Waals surface area contributed by atoms with Gasteiger partial charge in [0, 0.05) is 46.2 Å². The summed E-state index contributed by atoms with van der Waals surface area (Å²) in [6, 6.07) is 0. The van der Waals surface area contributed by atoms with Gasteiger partial charge in [-0.3, -0.25) is 9.79 Å². The zero-order valence-corrected chi connectivity index (χ0v) is 17.8. The highest BCUT2D eigenvalue weighted by Crippen LogP contribution is 2.19. The van der Waals surface area contributed by atoms with Gasteiger partial charge in [0.2, 0.25) is 5.91 Å². The molecule has 2 heterocycles. The Bertz CT molecular complexity index is 402. The maximum atomic E-state index is 11.4. The van der Waals surface area contributed by atoms with E-state index in [1.807, 2.05) is 4.90 Å². The zero-order chi connectivity index (χ0) is 16.7. The fraction of sp³-hybridized carbons (Fsp3) is 0.882. The second-order valence-electron chi connectivity index (χ2n) is 6.76. The van der Waals surface area contributed by atoms with E-state index in [1.165, 1.54) is 32.4 Å². The van der Waals surface area contributed by atoms with Gasteiger partial charge in [0.15, 0.2) is 5.96 Å². The van der Waals surface area contributed by atoms with Gasteiger partial charge in [-0.15, -0.1) is 24.0 Å². The Balaban J connectivity index is 0.00000288. The van der Waals surface area contributed by atoms with E-state index in [0.717, 1.165) is 51.1 Å². The predicted octanol–water partition coefficient (Wildman–Crippen LogP) is 1.47. The molecule has 0 aromatic heterocycles. The van der Waals surface area contributed by atoms with E-state index in [-0.39, 0.29) is 29.9 Å². The van der Waals surface area contributed by atoms with Crippen LogP contribution in [0.5, 0.6) is 0 Å². The number of hydrogen-bond donors (Lipinski definition) is 1. The largest absolute Gasteiger partial charge is 0.357 e. The summed E-state index contributed by atoms with van der Waals surface area (Å²) in [5, 5.41) is 3.41. The van der Waals surface area contributed by atoms with Gasteiger partial charge in [0.25, 0.3) is 0 Å². The molecule has 1 N–H and O–H groups in total. The van der Waals surface area contributed by atoms with Gasteiger partial charge in [0.05, 0.1) is 0 Å². The van der Waals surface area contributed by atoms with Gasteiger partial charge in [0.1, 0.15) is 0 Å². The van der Waals surface area contributed by atoms with Crippen molar-refractivity contribution < 1.29 is 4.79 Å². The Morgan fingerprint density at radius 1 is 1.08 bits per heavy atom. The lowest BCUT2D eigenvalue weighted by Gasteiger charge is -2.36. The first-order valence-electron chi connectivity index (χ1n) is 9.07. The molecule has 0 bridgehead atoms. The summed E-state index contributed by atoms with van der Waals surface area (Å²) in [6.07, 6.45) is 3.80. The van der Waals surface area contributed by atoms with Gasteiger partial charge in [-0.25, -0.2) is 0 Å². The van der Waals surface area contributed by atoms with Crippen molar-refractivity contribution in [2.75, 3.05) is 59.4 Å². The van der Waals surface area contributed by atoms with Crippen LogP contribution >= 0.6 is 24.0 Å². The maximum absolute atomic E-state index is 11.4. The fourth-order valence-electron chi connectivity index (χ4n) is 3.36. The van der Waals surface area contributed by atoms with Crippen LogP contribution in [-0.4, -0.2) is 86.0 Å². The normalized spacial score (nSPS) is 20.7. The van der Waals surface area contributed by atoms with Crippen molar-refractivity contribution in [3.8, 4) is 0 Å². The van der Waals surface area contributed by atoms with Crippen LogP contribution in [0.15, 0.2) is 4.99 Å². The maximum Gasteiger partial charge on any atom is 0.219 e. The number of aliphatic imine (C=N–C) groups is 1. The molecule has 0 aliphatic carbocycles. The molecule has 0 atom stereocenters. The SMILES string of the molecule is CCNC(=NCCC1CCN(C)CC1)N1CCN(C(C)=O)CC1.I. The predicted molar refractivity (Wildman–Crippen MR) is 110 cm³/mol. The van der Waals surface area contributed by atoms with Crippen LogP contribution in [0.2, 0.25) is 0 Å². The fourth-order valence-corrected chi connectivity index (χ4v) is 3.36. The molecule has 140 valence electrons. The number of piperazine rings is 1. The molecule has 0 unspecified atom stereocenters. The number of amides is 1. The molecule has 7 heteroatoms. The number of guanidine groups is 1. The van der Waals surface area contributed by atoms with Gasteiger partial charge in [-0.2, -0.15) is 0 Å². The highest BCUT2D eigenvalue weighted by molar-refractivity contribution is 14.0. The molecule has 2 rings (SSSR count).